The van der Waals surface area contributed by atoms with E-state index in [1.54, 1.807) is 0 Å². The third-order valence-corrected chi connectivity index (χ3v) is 0.916. The minimum Gasteiger partial charge on any atom is -0.486 e. The van der Waals surface area contributed by atoms with Gasteiger partial charge in [-0.1, -0.05) is 13.8 Å². The van der Waals surface area contributed by atoms with Crippen LogP contribution in [0.25, 0.3) is 0 Å². The summed E-state index contributed by atoms with van der Waals surface area (Å²) in [4.78, 5) is 3.72. The van der Waals surface area contributed by atoms with Crippen LogP contribution >= 0.6 is 0 Å². The van der Waals surface area contributed by atoms with Gasteiger partial charge in [0.15, 0.2) is 6.40 Å². The summed E-state index contributed by atoms with van der Waals surface area (Å²) in [7, 11) is 1.52. The van der Waals surface area contributed by atoms with Crippen molar-refractivity contribution in [1.29, 1.82) is 5.41 Å². The van der Waals surface area contributed by atoms with E-state index in [1.807, 2.05) is 0 Å². The van der Waals surface area contributed by atoms with Gasteiger partial charge in [-0.05, 0) is 5.92 Å². The van der Waals surface area contributed by atoms with Gasteiger partial charge in [0.05, 0.1) is 7.11 Å². The van der Waals surface area contributed by atoms with Gasteiger partial charge >= 0.3 is 0 Å². The molecule has 0 aliphatic heterocycles. The highest BCUT2D eigenvalue weighted by molar-refractivity contribution is 5.85. The van der Waals surface area contributed by atoms with Crippen molar-refractivity contribution in [2.45, 2.75) is 20.3 Å². The monoisotopic (exact) mass is 142 g/mol. The van der Waals surface area contributed by atoms with Crippen LogP contribution in [-0.4, -0.2) is 19.3 Å². The third kappa shape index (κ3) is 5.28. The van der Waals surface area contributed by atoms with Crippen molar-refractivity contribution < 1.29 is 4.74 Å². The minimum atomic E-state index is 0.372. The molecule has 3 heteroatoms. The predicted octanol–water partition coefficient (Wildman–Crippen LogP) is 1.68. The van der Waals surface area contributed by atoms with Gasteiger partial charge in [-0.15, -0.1) is 0 Å². The van der Waals surface area contributed by atoms with E-state index in [0.29, 0.717) is 18.2 Å². The number of nitrogens with one attached hydrogen (secondary N) is 1. The lowest BCUT2D eigenvalue weighted by atomic mass is 10.1. The summed E-state index contributed by atoms with van der Waals surface area (Å²) in [6, 6.07) is 0. The lowest BCUT2D eigenvalue weighted by Gasteiger charge is -1.99. The lowest BCUT2D eigenvalue weighted by Crippen LogP contribution is -1.98. The molecule has 0 bridgehead atoms. The van der Waals surface area contributed by atoms with Crippen LogP contribution in [0.5, 0.6) is 0 Å². The molecule has 0 spiro atoms. The van der Waals surface area contributed by atoms with Crippen molar-refractivity contribution in [2.24, 2.45) is 10.9 Å². The Morgan fingerprint density at radius 3 is 2.70 bits per heavy atom. The molecule has 0 aromatic carbocycles. The molecule has 0 atom stereocenters. The Hall–Kier alpha value is -0.860. The Labute approximate surface area is 61.6 Å². The van der Waals surface area contributed by atoms with Crippen LogP contribution in [0.4, 0.5) is 0 Å². The molecule has 0 amide bonds. The molecule has 0 rings (SSSR count). The SMILES string of the molecule is COC=NC(=N)CC(C)C. The highest BCUT2D eigenvalue weighted by Gasteiger charge is 1.96. The normalized spacial score (nSPS) is 10.8. The van der Waals surface area contributed by atoms with Crippen LogP contribution in [0.15, 0.2) is 4.99 Å². The first kappa shape index (κ1) is 9.14. The van der Waals surface area contributed by atoms with E-state index < -0.39 is 0 Å². The molecule has 0 saturated carbocycles. The average Bonchev–Trinajstić information content (AvgIpc) is 1.82. The van der Waals surface area contributed by atoms with Crippen molar-refractivity contribution in [3.05, 3.63) is 0 Å². The molecule has 10 heavy (non-hydrogen) atoms. The fraction of sp³-hybridized carbons (Fsp3) is 0.714. The Morgan fingerprint density at radius 2 is 2.30 bits per heavy atom. The van der Waals surface area contributed by atoms with Crippen molar-refractivity contribution in [3.63, 3.8) is 0 Å². The van der Waals surface area contributed by atoms with E-state index in [9.17, 15) is 0 Å². The largest absolute Gasteiger partial charge is 0.486 e. The summed E-state index contributed by atoms with van der Waals surface area (Å²) in [6.45, 7) is 4.10. The Bertz CT molecular complexity index is 130. The summed E-state index contributed by atoms with van der Waals surface area (Å²) in [5.41, 5.74) is 0. The van der Waals surface area contributed by atoms with Gasteiger partial charge in [0.25, 0.3) is 0 Å². The first-order valence-corrected chi connectivity index (χ1v) is 3.29. The minimum absolute atomic E-state index is 0.372. The van der Waals surface area contributed by atoms with Crippen LogP contribution in [0, 0.1) is 11.3 Å². The van der Waals surface area contributed by atoms with Crippen molar-refractivity contribution in [2.75, 3.05) is 7.11 Å². The number of hydrogen-bond acceptors (Lipinski definition) is 2. The summed E-state index contributed by atoms with van der Waals surface area (Å²) in [6.07, 6.45) is 1.99. The van der Waals surface area contributed by atoms with E-state index in [1.165, 1.54) is 13.5 Å². The molecule has 0 aromatic heterocycles. The second-order valence-corrected chi connectivity index (χ2v) is 2.51. The number of aliphatic imine (C=N–C) groups is 1. The zero-order chi connectivity index (χ0) is 7.98. The first-order valence-electron chi connectivity index (χ1n) is 3.29. The van der Waals surface area contributed by atoms with Crippen LogP contribution in [0.2, 0.25) is 0 Å². The molecule has 0 heterocycles. The van der Waals surface area contributed by atoms with Crippen LogP contribution in [0.3, 0.4) is 0 Å². The maximum Gasteiger partial charge on any atom is 0.175 e. The summed E-state index contributed by atoms with van der Waals surface area (Å²) in [5, 5.41) is 7.24. The molecule has 1 N–H and O–H groups in total. The fourth-order valence-corrected chi connectivity index (χ4v) is 0.556. The smallest absolute Gasteiger partial charge is 0.175 e. The van der Waals surface area contributed by atoms with Crippen LogP contribution < -0.4 is 0 Å². The van der Waals surface area contributed by atoms with Gasteiger partial charge in [-0.3, -0.25) is 5.41 Å². The molecule has 0 radical (unpaired) electrons. The maximum atomic E-state index is 7.24. The lowest BCUT2D eigenvalue weighted by molar-refractivity contribution is 0.423. The number of hydrogen-bond donors (Lipinski definition) is 1. The van der Waals surface area contributed by atoms with Crippen molar-refractivity contribution in [3.8, 4) is 0 Å². The van der Waals surface area contributed by atoms with Gasteiger partial charge in [0, 0.05) is 6.42 Å². The van der Waals surface area contributed by atoms with E-state index in [-0.39, 0.29) is 0 Å². The molecule has 58 valence electrons. The highest BCUT2D eigenvalue weighted by atomic mass is 16.5. The standard InChI is InChI=1S/C7H14N2O/c1-6(2)4-7(8)9-5-10-3/h5-6,8H,4H2,1-3H3. The molecule has 0 saturated heterocycles. The molecule has 0 fully saturated rings. The zero-order valence-corrected chi connectivity index (χ0v) is 6.72. The maximum absolute atomic E-state index is 7.24. The number of rotatable bonds is 3. The molecule has 0 aliphatic carbocycles. The van der Waals surface area contributed by atoms with Crippen LogP contribution in [0.1, 0.15) is 20.3 Å². The van der Waals surface area contributed by atoms with E-state index in [0.717, 1.165) is 0 Å². The van der Waals surface area contributed by atoms with Gasteiger partial charge in [-0.2, -0.15) is 0 Å². The Balaban J connectivity index is 3.54. The molecule has 0 unspecified atom stereocenters. The predicted molar refractivity (Wildman–Crippen MR) is 42.7 cm³/mol. The molecule has 0 aliphatic rings. The topological polar surface area (TPSA) is 45.4 Å². The van der Waals surface area contributed by atoms with Crippen molar-refractivity contribution in [1.82, 2.24) is 0 Å². The number of ether oxygens (including phenoxy) is 1. The first-order chi connectivity index (χ1) is 4.66. The Morgan fingerprint density at radius 1 is 1.70 bits per heavy atom. The van der Waals surface area contributed by atoms with Gasteiger partial charge in [0.2, 0.25) is 0 Å². The average molecular weight is 142 g/mol. The Kier molecular flexibility index (Phi) is 4.54. The molecular formula is C7H14N2O. The number of nitrogens with zero attached hydrogens (tertiary/aromatic N) is 1. The van der Waals surface area contributed by atoms with Gasteiger partial charge in [-0.25, -0.2) is 4.99 Å². The van der Waals surface area contributed by atoms with E-state index >= 15 is 0 Å². The summed E-state index contributed by atoms with van der Waals surface area (Å²) >= 11 is 0. The molecule has 3 nitrogen and oxygen atoms in total. The number of methoxy groups -OCH3 is 1. The zero-order valence-electron chi connectivity index (χ0n) is 6.72. The summed E-state index contributed by atoms with van der Waals surface area (Å²) in [5.74, 6) is 0.860. The van der Waals surface area contributed by atoms with Gasteiger partial charge < -0.3 is 4.74 Å². The molecular weight excluding hydrogens is 128 g/mol. The quantitative estimate of drug-likeness (QED) is 0.473. The van der Waals surface area contributed by atoms with E-state index in [2.05, 4.69) is 23.6 Å². The van der Waals surface area contributed by atoms with E-state index in [4.69, 9.17) is 5.41 Å². The summed E-state index contributed by atoms with van der Waals surface area (Å²) < 4.78 is 4.56. The van der Waals surface area contributed by atoms with Crippen molar-refractivity contribution >= 4 is 12.2 Å². The van der Waals surface area contributed by atoms with Gasteiger partial charge in [0.1, 0.15) is 5.84 Å². The molecule has 0 aromatic rings. The van der Waals surface area contributed by atoms with Crippen LogP contribution in [-0.2, 0) is 4.74 Å². The highest BCUT2D eigenvalue weighted by Crippen LogP contribution is 1.99. The fourth-order valence-electron chi connectivity index (χ4n) is 0.556. The second-order valence-electron chi connectivity index (χ2n) is 2.51. The second kappa shape index (κ2) is 4.97. The third-order valence-electron chi connectivity index (χ3n) is 0.916. The number of amidine groups is 1.